The fourth-order valence-corrected chi connectivity index (χ4v) is 6.55. The van der Waals surface area contributed by atoms with Crippen molar-refractivity contribution in [3.05, 3.63) is 97.3 Å². The maximum atomic E-state index is 9.86. The lowest BCUT2D eigenvalue weighted by molar-refractivity contribution is 0.475. The summed E-state index contributed by atoms with van der Waals surface area (Å²) in [6, 6.07) is 29.0. The zero-order valence-electron chi connectivity index (χ0n) is 16.4. The summed E-state index contributed by atoms with van der Waals surface area (Å²) in [5.74, 6) is 0.282. The van der Waals surface area contributed by atoms with Gasteiger partial charge in [-0.05, 0) is 52.2 Å². The van der Waals surface area contributed by atoms with E-state index in [1.807, 2.05) is 35.9 Å². The Bertz CT molecular complexity index is 1550. The van der Waals surface area contributed by atoms with Crippen LogP contribution in [0, 0.1) is 0 Å². The second kappa shape index (κ2) is 7.41. The molecule has 0 fully saturated rings. The van der Waals surface area contributed by atoms with Crippen LogP contribution in [0.25, 0.3) is 42.1 Å². The van der Waals surface area contributed by atoms with Gasteiger partial charge in [0.1, 0.15) is 5.75 Å². The van der Waals surface area contributed by atoms with E-state index in [4.69, 9.17) is 0 Å². The van der Waals surface area contributed by atoms with E-state index >= 15 is 0 Å². The van der Waals surface area contributed by atoms with Gasteiger partial charge in [-0.25, -0.2) is 0 Å². The first-order valence-corrected chi connectivity index (χ1v) is 11.7. The highest BCUT2D eigenvalue weighted by molar-refractivity contribution is 8.00. The van der Waals surface area contributed by atoms with Crippen LogP contribution in [0.3, 0.4) is 0 Å². The van der Waals surface area contributed by atoms with Crippen molar-refractivity contribution in [2.45, 2.75) is 9.79 Å². The SMILES string of the molecule is Oc1ccc(-c2c3ccccc3c(Sc3ccncc3)c3sc4ccccc4c23)cc1. The number of pyridine rings is 1. The first kappa shape index (κ1) is 18.4. The molecule has 6 rings (SSSR count). The number of aromatic nitrogens is 1. The molecule has 6 aromatic rings. The molecule has 0 bridgehead atoms. The Labute approximate surface area is 187 Å². The first-order chi connectivity index (χ1) is 15.3. The summed E-state index contributed by atoms with van der Waals surface area (Å²) < 4.78 is 2.58. The summed E-state index contributed by atoms with van der Waals surface area (Å²) >= 11 is 3.65. The van der Waals surface area contributed by atoms with E-state index < -0.39 is 0 Å². The molecule has 0 aliphatic carbocycles. The minimum Gasteiger partial charge on any atom is -0.508 e. The minimum atomic E-state index is 0.282. The highest BCUT2D eigenvalue weighted by atomic mass is 32.2. The second-order valence-electron chi connectivity index (χ2n) is 7.38. The van der Waals surface area contributed by atoms with Gasteiger partial charge in [0.05, 0.1) is 4.70 Å². The number of rotatable bonds is 3. The molecule has 0 aliphatic heterocycles. The quantitative estimate of drug-likeness (QED) is 0.305. The molecule has 0 amide bonds. The first-order valence-electron chi connectivity index (χ1n) is 10.0. The summed E-state index contributed by atoms with van der Waals surface area (Å²) in [4.78, 5) is 6.63. The second-order valence-corrected chi connectivity index (χ2v) is 9.52. The maximum Gasteiger partial charge on any atom is 0.115 e. The fourth-order valence-electron chi connectivity index (χ4n) is 4.16. The summed E-state index contributed by atoms with van der Waals surface area (Å²) in [6.07, 6.45) is 3.69. The van der Waals surface area contributed by atoms with Crippen LogP contribution in [-0.4, -0.2) is 10.1 Å². The van der Waals surface area contributed by atoms with E-state index in [0.717, 1.165) is 5.56 Å². The summed E-state index contributed by atoms with van der Waals surface area (Å²) in [6.45, 7) is 0. The number of phenolic OH excluding ortho intramolecular Hbond substituents is 1. The summed E-state index contributed by atoms with van der Waals surface area (Å²) in [5.41, 5.74) is 2.34. The lowest BCUT2D eigenvalue weighted by Crippen LogP contribution is -1.87. The van der Waals surface area contributed by atoms with Crippen LogP contribution < -0.4 is 0 Å². The predicted molar refractivity (Wildman–Crippen MR) is 132 cm³/mol. The molecule has 0 radical (unpaired) electrons. The van der Waals surface area contributed by atoms with Crippen LogP contribution in [0.1, 0.15) is 0 Å². The average Bonchev–Trinajstić information content (AvgIpc) is 3.20. The molecule has 4 heteroatoms. The van der Waals surface area contributed by atoms with Crippen molar-refractivity contribution in [1.82, 2.24) is 4.98 Å². The van der Waals surface area contributed by atoms with Gasteiger partial charge in [-0.1, -0.05) is 66.4 Å². The number of hydrogen-bond acceptors (Lipinski definition) is 4. The molecule has 4 aromatic carbocycles. The van der Waals surface area contributed by atoms with E-state index in [9.17, 15) is 5.11 Å². The number of thiophene rings is 1. The largest absolute Gasteiger partial charge is 0.508 e. The van der Waals surface area contributed by atoms with E-state index in [1.54, 1.807) is 23.9 Å². The molecule has 0 saturated heterocycles. The fraction of sp³-hybridized carbons (Fsp3) is 0. The van der Waals surface area contributed by atoms with Crippen molar-refractivity contribution in [2.75, 3.05) is 0 Å². The van der Waals surface area contributed by atoms with E-state index in [1.165, 1.54) is 46.3 Å². The summed E-state index contributed by atoms with van der Waals surface area (Å²) in [5, 5.41) is 14.9. The predicted octanol–water partition coefficient (Wildman–Crippen LogP) is 8.13. The molecule has 148 valence electrons. The number of aromatic hydroxyl groups is 1. The molecule has 0 unspecified atom stereocenters. The van der Waals surface area contributed by atoms with Crippen LogP contribution in [0.15, 0.2) is 107 Å². The zero-order valence-corrected chi connectivity index (χ0v) is 18.1. The zero-order chi connectivity index (χ0) is 20.8. The molecule has 0 atom stereocenters. The van der Waals surface area contributed by atoms with Crippen LogP contribution in [0.5, 0.6) is 5.75 Å². The Balaban J connectivity index is 1.79. The van der Waals surface area contributed by atoms with Gasteiger partial charge in [0.2, 0.25) is 0 Å². The molecule has 2 aromatic heterocycles. The molecular weight excluding hydrogens is 418 g/mol. The molecule has 2 nitrogen and oxygen atoms in total. The van der Waals surface area contributed by atoms with Crippen molar-refractivity contribution in [2.24, 2.45) is 0 Å². The molecule has 0 spiro atoms. The standard InChI is InChI=1S/C27H17NOS2/c29-18-11-9-17(10-12-18)24-20-5-1-2-6-21(20)26(30-19-13-15-28-16-14-19)27-25(24)22-7-3-4-8-23(22)31-27/h1-16,29H. The van der Waals surface area contributed by atoms with E-state index in [-0.39, 0.29) is 5.75 Å². The Hall–Kier alpha value is -3.34. The van der Waals surface area contributed by atoms with Gasteiger partial charge < -0.3 is 5.11 Å². The van der Waals surface area contributed by atoms with Crippen molar-refractivity contribution >= 4 is 54.0 Å². The third-order valence-corrected chi connectivity index (χ3v) is 7.97. The van der Waals surface area contributed by atoms with Gasteiger partial charge in [-0.2, -0.15) is 0 Å². The van der Waals surface area contributed by atoms with Crippen molar-refractivity contribution in [1.29, 1.82) is 0 Å². The Kier molecular flexibility index (Phi) is 4.41. The van der Waals surface area contributed by atoms with Gasteiger partial charge in [0, 0.05) is 37.7 Å². The molecule has 0 saturated carbocycles. The highest BCUT2D eigenvalue weighted by Crippen LogP contribution is 2.50. The van der Waals surface area contributed by atoms with Gasteiger partial charge in [0.15, 0.2) is 0 Å². The Morgan fingerprint density at radius 3 is 2.16 bits per heavy atom. The summed E-state index contributed by atoms with van der Waals surface area (Å²) in [7, 11) is 0. The number of benzene rings is 4. The number of fused-ring (bicyclic) bond motifs is 4. The Morgan fingerprint density at radius 2 is 1.39 bits per heavy atom. The maximum absolute atomic E-state index is 9.86. The van der Waals surface area contributed by atoms with Gasteiger partial charge in [0.25, 0.3) is 0 Å². The van der Waals surface area contributed by atoms with Crippen LogP contribution >= 0.6 is 23.1 Å². The smallest absolute Gasteiger partial charge is 0.115 e. The molecule has 0 aliphatic rings. The van der Waals surface area contributed by atoms with Gasteiger partial charge >= 0.3 is 0 Å². The topological polar surface area (TPSA) is 33.1 Å². The van der Waals surface area contributed by atoms with E-state index in [0.29, 0.717) is 0 Å². The molecule has 1 N–H and O–H groups in total. The van der Waals surface area contributed by atoms with Crippen molar-refractivity contribution in [3.63, 3.8) is 0 Å². The van der Waals surface area contributed by atoms with Crippen LogP contribution in [0.2, 0.25) is 0 Å². The third-order valence-electron chi connectivity index (χ3n) is 5.52. The van der Waals surface area contributed by atoms with Crippen molar-refractivity contribution < 1.29 is 5.11 Å². The van der Waals surface area contributed by atoms with Gasteiger partial charge in [-0.15, -0.1) is 11.3 Å². The van der Waals surface area contributed by atoms with Crippen LogP contribution in [-0.2, 0) is 0 Å². The van der Waals surface area contributed by atoms with E-state index in [2.05, 4.69) is 65.6 Å². The van der Waals surface area contributed by atoms with Crippen molar-refractivity contribution in [3.8, 4) is 16.9 Å². The average molecular weight is 436 g/mol. The molecule has 2 heterocycles. The normalized spacial score (nSPS) is 11.5. The van der Waals surface area contributed by atoms with Gasteiger partial charge in [-0.3, -0.25) is 4.98 Å². The lowest BCUT2D eigenvalue weighted by atomic mass is 9.93. The minimum absolute atomic E-state index is 0.282. The highest BCUT2D eigenvalue weighted by Gasteiger charge is 2.20. The molecule has 31 heavy (non-hydrogen) atoms. The van der Waals surface area contributed by atoms with Crippen LogP contribution in [0.4, 0.5) is 0 Å². The Morgan fingerprint density at radius 1 is 0.710 bits per heavy atom. The lowest BCUT2D eigenvalue weighted by Gasteiger charge is -2.15. The molecular formula is C27H17NOS2. The number of phenols is 1. The number of nitrogens with zero attached hydrogens (tertiary/aromatic N) is 1. The third kappa shape index (κ3) is 3.07. The number of hydrogen-bond donors (Lipinski definition) is 1. The monoisotopic (exact) mass is 435 g/mol.